The Labute approximate surface area is 78.1 Å². The maximum atomic E-state index is 11.3. The van der Waals surface area contributed by atoms with E-state index in [0.717, 1.165) is 6.42 Å². The van der Waals surface area contributed by atoms with Crippen molar-refractivity contribution in [2.24, 2.45) is 0 Å². The van der Waals surface area contributed by atoms with Gasteiger partial charge in [-0.05, 0) is 0 Å². The van der Waals surface area contributed by atoms with Crippen LogP contribution in [0, 0.1) is 0 Å². The zero-order valence-electron chi connectivity index (χ0n) is 8.53. The minimum absolute atomic E-state index is 0.0356. The van der Waals surface area contributed by atoms with Crippen LogP contribution in [-0.4, -0.2) is 19.7 Å². The third-order valence-corrected chi connectivity index (χ3v) is 7.28. The second-order valence-corrected chi connectivity index (χ2v) is 13.3. The van der Waals surface area contributed by atoms with Gasteiger partial charge in [0, 0.05) is 0 Å². The van der Waals surface area contributed by atoms with Gasteiger partial charge in [0.2, 0.25) is 0 Å². The van der Waals surface area contributed by atoms with Gasteiger partial charge >= 0.3 is 77.8 Å². The predicted molar refractivity (Wildman–Crippen MR) is 56.9 cm³/mol. The van der Waals surface area contributed by atoms with Crippen LogP contribution in [0.1, 0.15) is 20.3 Å². The molecule has 0 aliphatic heterocycles. The van der Waals surface area contributed by atoms with Gasteiger partial charge in [-0.15, -0.1) is 0 Å². The van der Waals surface area contributed by atoms with Crippen molar-refractivity contribution in [3.63, 3.8) is 0 Å². The summed E-state index contributed by atoms with van der Waals surface area (Å²) in [5, 5.41) is 1.18. The molecule has 0 rings (SSSR count). The summed E-state index contributed by atoms with van der Waals surface area (Å²) in [6, 6.07) is 0. The second-order valence-electron chi connectivity index (χ2n) is 3.87. The zero-order chi connectivity index (χ0) is 9.78. The first-order chi connectivity index (χ1) is 5.39. The molecule has 0 aliphatic carbocycles. The second kappa shape index (κ2) is 4.71. The molecule has 3 heteroatoms. The van der Waals surface area contributed by atoms with Crippen molar-refractivity contribution in [1.82, 2.24) is 4.23 Å². The molecule has 0 unspecified atom stereocenters. The summed E-state index contributed by atoms with van der Waals surface area (Å²) in [5.74, 6) is 0.0356. The van der Waals surface area contributed by atoms with Crippen LogP contribution in [-0.2, 0) is 4.79 Å². The first-order valence-corrected chi connectivity index (χ1v) is 11.1. The van der Waals surface area contributed by atoms with Crippen LogP contribution in [0.25, 0.3) is 0 Å². The van der Waals surface area contributed by atoms with Gasteiger partial charge in [-0.2, -0.15) is 0 Å². The molecule has 0 aromatic rings. The third-order valence-electron chi connectivity index (χ3n) is 1.71. The summed E-state index contributed by atoms with van der Waals surface area (Å²) in [6.07, 6.45) is 1.16. The summed E-state index contributed by atoms with van der Waals surface area (Å²) >= 11 is -1.97. The molecule has 0 aromatic heterocycles. The van der Waals surface area contributed by atoms with E-state index in [2.05, 4.69) is 29.2 Å². The Morgan fingerprint density at radius 2 is 2.00 bits per heavy atom. The van der Waals surface area contributed by atoms with E-state index in [9.17, 15) is 4.79 Å². The van der Waals surface area contributed by atoms with Crippen molar-refractivity contribution in [3.8, 4) is 0 Å². The number of carbonyl (C=O) groups is 1. The maximum absolute atomic E-state index is 11.3. The zero-order valence-corrected chi connectivity index (χ0v) is 10.6. The van der Waals surface area contributed by atoms with Crippen LogP contribution in [0.15, 0.2) is 12.2 Å². The van der Waals surface area contributed by atoms with Crippen molar-refractivity contribution in [1.29, 1.82) is 0 Å². The van der Waals surface area contributed by atoms with Gasteiger partial charge in [-0.25, -0.2) is 0 Å². The standard InChI is InChI=1S/C9H20AsNO/c1-6-7-10(4,5)11-9(12)8(2)3/h10H,2,6-7H2,1,3-5H3,(H,11,12). The number of carbonyl (C=O) groups excluding carboxylic acids is 1. The van der Waals surface area contributed by atoms with E-state index in [1.165, 1.54) is 5.21 Å². The molecule has 1 amide bonds. The van der Waals surface area contributed by atoms with Crippen molar-refractivity contribution in [2.45, 2.75) is 36.9 Å². The Morgan fingerprint density at radius 1 is 1.50 bits per heavy atom. The summed E-state index contributed by atoms with van der Waals surface area (Å²) in [7, 11) is 0. The Balaban J connectivity index is 4.05. The van der Waals surface area contributed by atoms with Crippen LogP contribution in [0.5, 0.6) is 0 Å². The van der Waals surface area contributed by atoms with E-state index in [1.54, 1.807) is 6.92 Å². The molecule has 2 nitrogen and oxygen atoms in total. The summed E-state index contributed by atoms with van der Waals surface area (Å²) in [5.41, 5.74) is 5.04. The first-order valence-electron chi connectivity index (χ1n) is 4.37. The molecule has 0 fully saturated rings. The van der Waals surface area contributed by atoms with E-state index in [4.69, 9.17) is 0 Å². The van der Waals surface area contributed by atoms with Gasteiger partial charge in [-0.1, -0.05) is 0 Å². The Morgan fingerprint density at radius 3 is 2.33 bits per heavy atom. The molecule has 0 spiro atoms. The minimum atomic E-state index is -1.97. The summed E-state index contributed by atoms with van der Waals surface area (Å²) < 4.78 is 3.11. The molecule has 0 saturated heterocycles. The van der Waals surface area contributed by atoms with Gasteiger partial charge in [0.15, 0.2) is 0 Å². The average molecular weight is 233 g/mol. The SMILES string of the molecule is C=C(C)C(=O)N[AsH](C)(C)CCC. The fourth-order valence-corrected chi connectivity index (χ4v) is 5.72. The number of hydrogen-bond acceptors (Lipinski definition) is 1. The molecule has 0 saturated carbocycles. The molecule has 0 aromatic carbocycles. The number of hydrogen-bond donors (Lipinski definition) is 1. The Kier molecular flexibility index (Phi) is 4.62. The van der Waals surface area contributed by atoms with Gasteiger partial charge in [0.1, 0.15) is 0 Å². The van der Waals surface area contributed by atoms with Crippen molar-refractivity contribution in [3.05, 3.63) is 12.2 Å². The molecule has 0 radical (unpaired) electrons. The van der Waals surface area contributed by atoms with Crippen LogP contribution in [0.2, 0.25) is 16.6 Å². The number of rotatable bonds is 4. The van der Waals surface area contributed by atoms with Crippen LogP contribution < -0.4 is 4.23 Å². The van der Waals surface area contributed by atoms with Crippen LogP contribution in [0.4, 0.5) is 0 Å². The molecule has 0 atom stereocenters. The Bertz CT molecular complexity index is 187. The van der Waals surface area contributed by atoms with Gasteiger partial charge in [0.25, 0.3) is 0 Å². The van der Waals surface area contributed by atoms with E-state index >= 15 is 0 Å². The molecule has 0 heterocycles. The molecule has 1 N–H and O–H groups in total. The molecular formula is C9H20AsNO. The molecule has 72 valence electrons. The first kappa shape index (κ1) is 11.8. The average Bonchev–Trinajstić information content (AvgIpc) is 1.85. The topological polar surface area (TPSA) is 29.1 Å². The van der Waals surface area contributed by atoms with Crippen LogP contribution in [0.3, 0.4) is 0 Å². The number of nitrogens with one attached hydrogen (secondary N) is 1. The fourth-order valence-electron chi connectivity index (χ4n) is 1.10. The van der Waals surface area contributed by atoms with E-state index < -0.39 is 13.8 Å². The molecule has 0 bridgehead atoms. The van der Waals surface area contributed by atoms with E-state index in [-0.39, 0.29) is 5.91 Å². The van der Waals surface area contributed by atoms with Gasteiger partial charge < -0.3 is 0 Å². The van der Waals surface area contributed by atoms with Crippen LogP contribution >= 0.6 is 0 Å². The Hall–Kier alpha value is -0.232. The van der Waals surface area contributed by atoms with Gasteiger partial charge in [-0.3, -0.25) is 0 Å². The molecular weight excluding hydrogens is 213 g/mol. The molecule has 12 heavy (non-hydrogen) atoms. The third kappa shape index (κ3) is 4.61. The molecule has 0 aliphatic rings. The van der Waals surface area contributed by atoms with E-state index in [1.807, 2.05) is 0 Å². The number of amides is 1. The predicted octanol–water partition coefficient (Wildman–Crippen LogP) is 2.03. The van der Waals surface area contributed by atoms with E-state index in [0.29, 0.717) is 5.57 Å². The van der Waals surface area contributed by atoms with Crippen molar-refractivity contribution >= 4 is 19.7 Å². The fraction of sp³-hybridized carbons (Fsp3) is 0.667. The summed E-state index contributed by atoms with van der Waals surface area (Å²) in [4.78, 5) is 11.3. The van der Waals surface area contributed by atoms with Crippen molar-refractivity contribution in [2.75, 3.05) is 0 Å². The normalized spacial score (nSPS) is 12.3. The van der Waals surface area contributed by atoms with Crippen molar-refractivity contribution < 1.29 is 4.79 Å². The summed E-state index contributed by atoms with van der Waals surface area (Å²) in [6.45, 7) is 7.52. The monoisotopic (exact) mass is 233 g/mol. The quantitative estimate of drug-likeness (QED) is 0.584. The van der Waals surface area contributed by atoms with Gasteiger partial charge in [0.05, 0.1) is 0 Å².